The summed E-state index contributed by atoms with van der Waals surface area (Å²) in [6, 6.07) is 52.7. The van der Waals surface area contributed by atoms with Gasteiger partial charge in [0.2, 0.25) is 5.75 Å². The molecule has 8 aromatic carbocycles. The highest BCUT2D eigenvalue weighted by Crippen LogP contribution is 2.65. The average Bonchev–Trinajstić information content (AvgIpc) is 3.86. The Bertz CT molecular complexity index is 3290. The summed E-state index contributed by atoms with van der Waals surface area (Å²) < 4.78 is 0. The third kappa shape index (κ3) is 4.63. The van der Waals surface area contributed by atoms with Crippen LogP contribution in [0.3, 0.4) is 0 Å². The molecule has 5 nitrogen and oxygen atoms in total. The number of allylic oxidation sites excluding steroid dienone is 4. The Balaban J connectivity index is 1.11. The summed E-state index contributed by atoms with van der Waals surface area (Å²) in [5.74, 6) is -2.07. The molecule has 0 heterocycles. The average molecular weight is 806 g/mol. The van der Waals surface area contributed by atoms with E-state index in [-0.39, 0.29) is 22.3 Å². The van der Waals surface area contributed by atoms with Crippen LogP contribution in [-0.2, 0) is 10.8 Å². The van der Waals surface area contributed by atoms with E-state index >= 15 is 0 Å². The van der Waals surface area contributed by atoms with Crippen LogP contribution in [0.25, 0.3) is 49.7 Å². The number of nitrogens with zero attached hydrogens (tertiary/aromatic N) is 1. The normalized spacial score (nSPS) is 17.1. The molecule has 1 spiro atoms. The molecule has 0 saturated heterocycles. The first-order valence-corrected chi connectivity index (χ1v) is 21.4. The number of benzene rings is 8. The molecule has 4 N–H and O–H groups in total. The number of hydrogen-bond donors (Lipinski definition) is 4. The van der Waals surface area contributed by atoms with Gasteiger partial charge in [0.25, 0.3) is 0 Å². The van der Waals surface area contributed by atoms with Gasteiger partial charge in [-0.05, 0) is 139 Å². The summed E-state index contributed by atoms with van der Waals surface area (Å²) >= 11 is 0. The summed E-state index contributed by atoms with van der Waals surface area (Å²) in [4.78, 5) is 2.31. The topological polar surface area (TPSA) is 84.2 Å². The van der Waals surface area contributed by atoms with Crippen molar-refractivity contribution in [2.24, 2.45) is 0 Å². The van der Waals surface area contributed by atoms with Gasteiger partial charge in [-0.15, -0.1) is 0 Å². The standard InChI is InChI=1S/C57H43NO4/c1-32-52(59)50(54(61)55(62)53(32)60)34-20-23-35(24-21-34)58(36-25-28-42-39-14-6-9-17-45(39)56(2,3)48(42)30-36)37-26-29-43-40-15-7-10-18-46(40)57(49(43)31-37)47-19-11-8-16-41(47)44-27-22-33-12-4-5-13-38(33)51(44)57/h4-5,7-13,15-31,59-62H,6,14H2,1-3H3. The quantitative estimate of drug-likeness (QED) is 0.105. The number of fused-ring (bicyclic) bond motifs is 14. The largest absolute Gasteiger partial charge is 0.507 e. The van der Waals surface area contributed by atoms with Crippen LogP contribution in [0.15, 0.2) is 163 Å². The van der Waals surface area contributed by atoms with Gasteiger partial charge >= 0.3 is 0 Å². The lowest BCUT2D eigenvalue weighted by Gasteiger charge is -2.33. The maximum absolute atomic E-state index is 11.1. The monoisotopic (exact) mass is 805 g/mol. The second kappa shape index (κ2) is 12.8. The van der Waals surface area contributed by atoms with Crippen molar-refractivity contribution in [2.75, 3.05) is 4.90 Å². The first-order valence-electron chi connectivity index (χ1n) is 21.4. The summed E-state index contributed by atoms with van der Waals surface area (Å²) in [5.41, 5.74) is 18.3. The van der Waals surface area contributed by atoms with E-state index in [2.05, 4.69) is 152 Å². The fourth-order valence-corrected chi connectivity index (χ4v) is 11.5. The fraction of sp³-hybridized carbons (Fsp3) is 0.123. The van der Waals surface area contributed by atoms with E-state index < -0.39 is 22.7 Å². The van der Waals surface area contributed by atoms with Crippen LogP contribution >= 0.6 is 0 Å². The van der Waals surface area contributed by atoms with Gasteiger partial charge in [-0.1, -0.05) is 135 Å². The van der Waals surface area contributed by atoms with Crippen molar-refractivity contribution in [3.8, 4) is 56.4 Å². The number of anilines is 3. The molecular weight excluding hydrogens is 763 g/mol. The lowest BCUT2D eigenvalue weighted by Crippen LogP contribution is -2.26. The minimum absolute atomic E-state index is 0.0583. The van der Waals surface area contributed by atoms with E-state index in [4.69, 9.17) is 0 Å². The Morgan fingerprint density at radius 2 is 1.11 bits per heavy atom. The van der Waals surface area contributed by atoms with E-state index in [1.54, 1.807) is 0 Å². The van der Waals surface area contributed by atoms with Crippen molar-refractivity contribution in [2.45, 2.75) is 44.4 Å². The molecule has 8 aromatic rings. The van der Waals surface area contributed by atoms with Gasteiger partial charge in [-0.2, -0.15) is 0 Å². The molecule has 5 heteroatoms. The Kier molecular flexibility index (Phi) is 7.48. The number of rotatable bonds is 4. The number of phenolic OH excluding ortho intramolecular Hbond substituents is 4. The second-order valence-corrected chi connectivity index (χ2v) is 17.7. The Hall–Kier alpha value is -7.50. The molecule has 0 amide bonds. The Morgan fingerprint density at radius 3 is 1.85 bits per heavy atom. The molecule has 0 bridgehead atoms. The van der Waals surface area contributed by atoms with Crippen LogP contribution in [-0.4, -0.2) is 20.4 Å². The van der Waals surface area contributed by atoms with Crippen LogP contribution in [0.5, 0.6) is 23.0 Å². The minimum atomic E-state index is -0.663. The molecule has 1 atom stereocenters. The third-order valence-corrected chi connectivity index (χ3v) is 14.4. The smallest absolute Gasteiger partial charge is 0.201 e. The van der Waals surface area contributed by atoms with E-state index in [0.29, 0.717) is 5.56 Å². The van der Waals surface area contributed by atoms with Crippen LogP contribution in [0, 0.1) is 6.92 Å². The first-order chi connectivity index (χ1) is 30.1. The van der Waals surface area contributed by atoms with Crippen molar-refractivity contribution < 1.29 is 20.4 Å². The zero-order valence-electron chi connectivity index (χ0n) is 34.7. The maximum atomic E-state index is 11.1. The van der Waals surface area contributed by atoms with Crippen molar-refractivity contribution in [1.82, 2.24) is 0 Å². The van der Waals surface area contributed by atoms with Gasteiger partial charge in [-0.3, -0.25) is 0 Å². The molecule has 0 radical (unpaired) electrons. The highest BCUT2D eigenvalue weighted by molar-refractivity contribution is 6.04. The van der Waals surface area contributed by atoms with Crippen molar-refractivity contribution in [3.63, 3.8) is 0 Å². The lowest BCUT2D eigenvalue weighted by molar-refractivity contribution is 0.360. The molecule has 300 valence electrons. The predicted octanol–water partition coefficient (Wildman–Crippen LogP) is 13.8. The predicted molar refractivity (Wildman–Crippen MR) is 250 cm³/mol. The van der Waals surface area contributed by atoms with E-state index in [1.165, 1.54) is 84.5 Å². The first kappa shape index (κ1) is 36.4. The molecule has 0 fully saturated rings. The zero-order chi connectivity index (χ0) is 42.2. The number of aromatic hydroxyl groups is 4. The fourth-order valence-electron chi connectivity index (χ4n) is 11.5. The lowest BCUT2D eigenvalue weighted by atomic mass is 9.69. The molecule has 4 aliphatic rings. The van der Waals surface area contributed by atoms with Gasteiger partial charge < -0.3 is 25.3 Å². The molecule has 62 heavy (non-hydrogen) atoms. The van der Waals surface area contributed by atoms with Gasteiger partial charge in [0, 0.05) is 28.0 Å². The van der Waals surface area contributed by atoms with Crippen LogP contribution in [0.4, 0.5) is 17.1 Å². The highest BCUT2D eigenvalue weighted by Gasteiger charge is 2.52. The molecule has 1 unspecified atom stereocenters. The SMILES string of the molecule is Cc1c(O)c(O)c(O)c(-c2ccc(N(c3ccc4c(c3)C(C)(C)C3=C4CCC=C3)c3ccc4c(c3)C3(c5ccccc5-4)c4ccccc4-c4ccc5ccccc5c43)cc2)c1O. The number of hydrogen-bond acceptors (Lipinski definition) is 5. The summed E-state index contributed by atoms with van der Waals surface area (Å²) in [6.07, 6.45) is 6.69. The third-order valence-electron chi connectivity index (χ3n) is 14.4. The van der Waals surface area contributed by atoms with Crippen molar-refractivity contribution in [1.29, 1.82) is 0 Å². The van der Waals surface area contributed by atoms with Gasteiger partial charge in [-0.25, -0.2) is 0 Å². The molecule has 0 aromatic heterocycles. The minimum Gasteiger partial charge on any atom is -0.507 e. The maximum Gasteiger partial charge on any atom is 0.201 e. The zero-order valence-corrected chi connectivity index (χ0v) is 34.7. The molecule has 0 aliphatic heterocycles. The number of phenols is 4. The van der Waals surface area contributed by atoms with E-state index in [0.717, 1.165) is 29.9 Å². The summed E-state index contributed by atoms with van der Waals surface area (Å²) in [5, 5.41) is 45.5. The molecular formula is C57H43NO4. The highest BCUT2D eigenvalue weighted by atomic mass is 16.3. The van der Waals surface area contributed by atoms with Crippen LogP contribution in [0.2, 0.25) is 0 Å². The van der Waals surface area contributed by atoms with Gasteiger partial charge in [0.1, 0.15) is 5.75 Å². The van der Waals surface area contributed by atoms with Gasteiger partial charge in [0.05, 0.1) is 11.0 Å². The van der Waals surface area contributed by atoms with Crippen molar-refractivity contribution >= 4 is 33.4 Å². The molecule has 4 aliphatic carbocycles. The summed E-state index contributed by atoms with van der Waals surface area (Å²) in [6.45, 7) is 6.16. The Morgan fingerprint density at radius 1 is 0.516 bits per heavy atom. The summed E-state index contributed by atoms with van der Waals surface area (Å²) in [7, 11) is 0. The second-order valence-electron chi connectivity index (χ2n) is 17.7. The van der Waals surface area contributed by atoms with Crippen LogP contribution < -0.4 is 4.90 Å². The van der Waals surface area contributed by atoms with Gasteiger partial charge in [0.15, 0.2) is 11.5 Å². The Labute approximate surface area is 360 Å². The molecule has 0 saturated carbocycles. The molecule has 12 rings (SSSR count). The van der Waals surface area contributed by atoms with Crippen molar-refractivity contribution in [3.05, 3.63) is 202 Å². The van der Waals surface area contributed by atoms with E-state index in [9.17, 15) is 20.4 Å². The van der Waals surface area contributed by atoms with E-state index in [1.807, 2.05) is 24.3 Å². The van der Waals surface area contributed by atoms with Crippen LogP contribution in [0.1, 0.15) is 65.6 Å².